The Morgan fingerprint density at radius 2 is 2.05 bits per heavy atom. The fraction of sp³-hybridized carbons (Fsp3) is 0.278. The molecule has 0 unspecified atom stereocenters. The number of allylic oxidation sites excluding steroid dienone is 5. The largest absolute Gasteiger partial charge is 0.402 e. The van der Waals surface area contributed by atoms with Crippen molar-refractivity contribution in [1.82, 2.24) is 0 Å². The molecule has 0 bridgehead atoms. The first-order chi connectivity index (χ1) is 9.79. The van der Waals surface area contributed by atoms with Crippen LogP contribution in [0.1, 0.15) is 31.2 Å². The lowest BCUT2D eigenvalue weighted by molar-refractivity contribution is 0.873. The molecule has 1 aromatic carbocycles. The van der Waals surface area contributed by atoms with Crippen LogP contribution in [0.5, 0.6) is 0 Å². The Hall–Kier alpha value is -2.09. The van der Waals surface area contributed by atoms with Crippen LogP contribution in [0.15, 0.2) is 70.9 Å². The molecule has 0 aliphatic heterocycles. The van der Waals surface area contributed by atoms with Crippen molar-refractivity contribution in [2.45, 2.75) is 25.7 Å². The predicted octanol–water partition coefficient (Wildman–Crippen LogP) is 4.00. The number of benzene rings is 1. The van der Waals surface area contributed by atoms with Crippen LogP contribution >= 0.6 is 0 Å². The van der Waals surface area contributed by atoms with Crippen LogP contribution in [0.25, 0.3) is 0 Å². The molecule has 1 aliphatic carbocycles. The van der Waals surface area contributed by atoms with E-state index in [0.29, 0.717) is 0 Å². The second kappa shape index (κ2) is 7.49. The maximum atomic E-state index is 6.17. The Bertz CT molecular complexity index is 548. The highest BCUT2D eigenvalue weighted by molar-refractivity contribution is 6.08. The minimum atomic E-state index is 0.794. The number of nitrogens with two attached hydrogens (primary N) is 1. The molecule has 1 aromatic rings. The third-order valence-corrected chi connectivity index (χ3v) is 3.35. The van der Waals surface area contributed by atoms with Crippen molar-refractivity contribution < 1.29 is 0 Å². The van der Waals surface area contributed by atoms with Gasteiger partial charge in [0.25, 0.3) is 0 Å². The van der Waals surface area contributed by atoms with Gasteiger partial charge in [-0.1, -0.05) is 48.6 Å². The fourth-order valence-electron chi connectivity index (χ4n) is 2.31. The summed E-state index contributed by atoms with van der Waals surface area (Å²) in [6.45, 7) is 0. The van der Waals surface area contributed by atoms with Crippen molar-refractivity contribution in [3.8, 4) is 0 Å². The van der Waals surface area contributed by atoms with Gasteiger partial charge >= 0.3 is 0 Å². The van der Waals surface area contributed by atoms with Crippen molar-refractivity contribution in [3.05, 3.63) is 71.5 Å². The molecule has 0 spiro atoms. The summed E-state index contributed by atoms with van der Waals surface area (Å²) in [4.78, 5) is 4.33. The summed E-state index contributed by atoms with van der Waals surface area (Å²) in [5.74, 6) is 0. The smallest absolute Gasteiger partial charge is 0.0660 e. The molecule has 2 N–H and O–H groups in total. The van der Waals surface area contributed by atoms with Gasteiger partial charge in [0.15, 0.2) is 0 Å². The van der Waals surface area contributed by atoms with Gasteiger partial charge in [0.2, 0.25) is 0 Å². The molecule has 0 heterocycles. The molecule has 0 radical (unpaired) electrons. The third kappa shape index (κ3) is 4.23. The van der Waals surface area contributed by atoms with E-state index in [-0.39, 0.29) is 0 Å². The van der Waals surface area contributed by atoms with Crippen molar-refractivity contribution >= 4 is 5.71 Å². The lowest BCUT2D eigenvalue weighted by atomic mass is 10.1. The van der Waals surface area contributed by atoms with Gasteiger partial charge in [0.05, 0.1) is 5.71 Å². The topological polar surface area (TPSA) is 38.4 Å². The van der Waals surface area contributed by atoms with Crippen LogP contribution in [0.4, 0.5) is 0 Å². The van der Waals surface area contributed by atoms with E-state index < -0.39 is 0 Å². The number of nitrogens with zero attached hydrogens (tertiary/aromatic N) is 1. The van der Waals surface area contributed by atoms with Crippen LogP contribution in [0.3, 0.4) is 0 Å². The third-order valence-electron chi connectivity index (χ3n) is 3.35. The molecule has 0 aromatic heterocycles. The Balaban J connectivity index is 2.11. The average Bonchev–Trinajstić information content (AvgIpc) is 2.74. The summed E-state index contributed by atoms with van der Waals surface area (Å²) in [7, 11) is 1.80. The summed E-state index contributed by atoms with van der Waals surface area (Å²) in [5.41, 5.74) is 10.4. The lowest BCUT2D eigenvalue weighted by Crippen LogP contribution is -2.05. The Morgan fingerprint density at radius 1 is 1.25 bits per heavy atom. The molecule has 0 saturated carbocycles. The molecule has 104 valence electrons. The summed E-state index contributed by atoms with van der Waals surface area (Å²) >= 11 is 0. The summed E-state index contributed by atoms with van der Waals surface area (Å²) < 4.78 is 0. The maximum absolute atomic E-state index is 6.17. The van der Waals surface area contributed by atoms with Crippen LogP contribution in [0.2, 0.25) is 0 Å². The van der Waals surface area contributed by atoms with Gasteiger partial charge in [0, 0.05) is 19.2 Å². The van der Waals surface area contributed by atoms with E-state index in [1.54, 1.807) is 7.05 Å². The number of hydrogen-bond acceptors (Lipinski definition) is 2. The zero-order chi connectivity index (χ0) is 14.2. The van der Waals surface area contributed by atoms with Gasteiger partial charge in [-0.05, 0) is 36.5 Å². The molecule has 0 atom stereocenters. The van der Waals surface area contributed by atoms with Crippen molar-refractivity contribution in [3.63, 3.8) is 0 Å². The Morgan fingerprint density at radius 3 is 2.80 bits per heavy atom. The minimum absolute atomic E-state index is 0.794. The van der Waals surface area contributed by atoms with Gasteiger partial charge in [-0.3, -0.25) is 4.99 Å². The molecule has 0 amide bonds. The van der Waals surface area contributed by atoms with Gasteiger partial charge < -0.3 is 5.73 Å². The van der Waals surface area contributed by atoms with E-state index in [9.17, 15) is 0 Å². The van der Waals surface area contributed by atoms with Crippen LogP contribution in [-0.2, 0) is 0 Å². The molecule has 2 nitrogen and oxygen atoms in total. The van der Waals surface area contributed by atoms with E-state index in [2.05, 4.69) is 35.4 Å². The number of aliphatic imine (C=N–C) groups is 1. The first-order valence-corrected chi connectivity index (χ1v) is 7.13. The molecular formula is C18H22N2. The van der Waals surface area contributed by atoms with E-state index in [1.807, 2.05) is 24.3 Å². The molecule has 0 saturated heterocycles. The van der Waals surface area contributed by atoms with Crippen LogP contribution in [0, 0.1) is 0 Å². The highest BCUT2D eigenvalue weighted by atomic mass is 14.7. The van der Waals surface area contributed by atoms with Gasteiger partial charge in [-0.2, -0.15) is 0 Å². The van der Waals surface area contributed by atoms with Gasteiger partial charge in [-0.15, -0.1) is 0 Å². The van der Waals surface area contributed by atoms with Crippen LogP contribution in [-0.4, -0.2) is 12.8 Å². The standard InChI is InChI=1S/C18H22N2/c1-20-18(16-11-7-4-8-12-16)14-17(19)13-15-9-5-2-3-6-10-15/h4-5,7-12,14H,2-3,6,13,19H2,1H3/b17-14-,20-18?. The quantitative estimate of drug-likeness (QED) is 0.822. The van der Waals surface area contributed by atoms with Gasteiger partial charge in [0.1, 0.15) is 0 Å². The molecule has 1 aliphatic rings. The minimum Gasteiger partial charge on any atom is -0.402 e. The number of hydrogen-bond donors (Lipinski definition) is 1. The summed E-state index contributed by atoms with van der Waals surface area (Å²) in [6.07, 6.45) is 13.0. The lowest BCUT2D eigenvalue weighted by Gasteiger charge is -2.05. The highest BCUT2D eigenvalue weighted by Gasteiger charge is 2.03. The van der Waals surface area contributed by atoms with E-state index in [1.165, 1.54) is 12.0 Å². The second-order valence-electron chi connectivity index (χ2n) is 4.98. The SMILES string of the molecule is CN=C(/C=C(\N)CC1=CCCCC=C1)c1ccccc1. The first-order valence-electron chi connectivity index (χ1n) is 7.13. The zero-order valence-electron chi connectivity index (χ0n) is 12.0. The summed E-state index contributed by atoms with van der Waals surface area (Å²) in [5, 5.41) is 0. The molecule has 0 fully saturated rings. The average molecular weight is 266 g/mol. The molecular weight excluding hydrogens is 244 g/mol. The molecule has 2 heteroatoms. The summed E-state index contributed by atoms with van der Waals surface area (Å²) in [6, 6.07) is 10.1. The predicted molar refractivity (Wildman–Crippen MR) is 86.9 cm³/mol. The van der Waals surface area contributed by atoms with E-state index >= 15 is 0 Å². The number of rotatable bonds is 4. The Kier molecular flexibility index (Phi) is 5.36. The van der Waals surface area contributed by atoms with Crippen molar-refractivity contribution in [2.75, 3.05) is 7.05 Å². The van der Waals surface area contributed by atoms with E-state index in [4.69, 9.17) is 5.73 Å². The fourth-order valence-corrected chi connectivity index (χ4v) is 2.31. The molecule has 20 heavy (non-hydrogen) atoms. The monoisotopic (exact) mass is 266 g/mol. The first kappa shape index (κ1) is 14.3. The second-order valence-corrected chi connectivity index (χ2v) is 4.98. The maximum Gasteiger partial charge on any atom is 0.0660 e. The van der Waals surface area contributed by atoms with E-state index in [0.717, 1.165) is 36.2 Å². The van der Waals surface area contributed by atoms with Gasteiger partial charge in [-0.25, -0.2) is 0 Å². The highest BCUT2D eigenvalue weighted by Crippen LogP contribution is 2.16. The van der Waals surface area contributed by atoms with Crippen molar-refractivity contribution in [1.29, 1.82) is 0 Å². The Labute approximate surface area is 121 Å². The van der Waals surface area contributed by atoms with Crippen molar-refractivity contribution in [2.24, 2.45) is 10.7 Å². The normalized spacial score (nSPS) is 16.8. The van der Waals surface area contributed by atoms with Crippen LogP contribution < -0.4 is 5.73 Å². The zero-order valence-corrected chi connectivity index (χ0v) is 12.0. The molecule has 2 rings (SSSR count).